The number of furan rings is 1. The molecule has 2 nitrogen and oxygen atoms in total. The van der Waals surface area contributed by atoms with Gasteiger partial charge in [0.15, 0.2) is 0 Å². The Morgan fingerprint density at radius 1 is 0.333 bits per heavy atom. The highest BCUT2D eigenvalue weighted by Gasteiger charge is 2.21. The second kappa shape index (κ2) is 13.4. The summed E-state index contributed by atoms with van der Waals surface area (Å²) in [7, 11) is 0. The predicted octanol–water partition coefficient (Wildman–Crippen LogP) is 14.9. The molecule has 0 N–H and O–H groups in total. The third kappa shape index (κ3) is 5.53. The molecule has 10 rings (SSSR count). The van der Waals surface area contributed by atoms with Crippen molar-refractivity contribution >= 4 is 49.8 Å². The maximum absolute atomic E-state index is 6.61. The van der Waals surface area contributed by atoms with E-state index in [0.29, 0.717) is 0 Å². The molecule has 0 saturated carbocycles. The lowest BCUT2D eigenvalue weighted by atomic mass is 9.91. The minimum Gasteiger partial charge on any atom is -0.455 e. The van der Waals surface area contributed by atoms with E-state index in [1.807, 2.05) is 0 Å². The van der Waals surface area contributed by atoms with Crippen molar-refractivity contribution in [3.8, 4) is 44.5 Å². The van der Waals surface area contributed by atoms with E-state index in [9.17, 15) is 0 Å². The molecule has 0 unspecified atom stereocenters. The van der Waals surface area contributed by atoms with Gasteiger partial charge in [-0.1, -0.05) is 164 Å². The first-order valence-electron chi connectivity index (χ1n) is 18.4. The molecule has 254 valence electrons. The average Bonchev–Trinajstić information content (AvgIpc) is 3.65. The highest BCUT2D eigenvalue weighted by Crippen LogP contribution is 2.46. The van der Waals surface area contributed by atoms with E-state index in [0.717, 1.165) is 55.5 Å². The molecule has 0 spiro atoms. The van der Waals surface area contributed by atoms with E-state index in [1.54, 1.807) is 0 Å². The molecular weight excluding hydrogens is 655 g/mol. The second-order valence-electron chi connectivity index (χ2n) is 13.7. The van der Waals surface area contributed by atoms with Gasteiger partial charge in [0.05, 0.1) is 5.69 Å². The third-order valence-electron chi connectivity index (χ3n) is 10.5. The molecule has 54 heavy (non-hydrogen) atoms. The van der Waals surface area contributed by atoms with Crippen molar-refractivity contribution in [1.29, 1.82) is 0 Å². The summed E-state index contributed by atoms with van der Waals surface area (Å²) in [6.07, 6.45) is 0. The van der Waals surface area contributed by atoms with Crippen LogP contribution >= 0.6 is 0 Å². The summed E-state index contributed by atoms with van der Waals surface area (Å²) in [5, 5.41) is 4.55. The topological polar surface area (TPSA) is 16.4 Å². The number of para-hydroxylation sites is 2. The summed E-state index contributed by atoms with van der Waals surface area (Å²) >= 11 is 0. The van der Waals surface area contributed by atoms with Crippen LogP contribution in [0.25, 0.3) is 77.2 Å². The van der Waals surface area contributed by atoms with Crippen LogP contribution in [-0.2, 0) is 0 Å². The fourth-order valence-corrected chi connectivity index (χ4v) is 7.93. The third-order valence-corrected chi connectivity index (χ3v) is 10.5. The molecule has 0 radical (unpaired) electrons. The first kappa shape index (κ1) is 31.6. The van der Waals surface area contributed by atoms with Gasteiger partial charge in [-0.15, -0.1) is 0 Å². The van der Waals surface area contributed by atoms with Crippen LogP contribution < -0.4 is 4.90 Å². The van der Waals surface area contributed by atoms with Crippen LogP contribution in [0.1, 0.15) is 0 Å². The van der Waals surface area contributed by atoms with Crippen LogP contribution in [0.3, 0.4) is 0 Å². The van der Waals surface area contributed by atoms with E-state index >= 15 is 0 Å². The molecule has 0 aliphatic carbocycles. The fourth-order valence-electron chi connectivity index (χ4n) is 7.93. The predicted molar refractivity (Wildman–Crippen MR) is 228 cm³/mol. The van der Waals surface area contributed by atoms with E-state index in [4.69, 9.17) is 4.42 Å². The molecule has 0 fully saturated rings. The van der Waals surface area contributed by atoms with E-state index in [2.05, 4.69) is 217 Å². The summed E-state index contributed by atoms with van der Waals surface area (Å²) in [6.45, 7) is 0. The van der Waals surface area contributed by atoms with Crippen LogP contribution in [0.4, 0.5) is 17.1 Å². The van der Waals surface area contributed by atoms with Crippen LogP contribution in [0.5, 0.6) is 0 Å². The Balaban J connectivity index is 1.10. The summed E-state index contributed by atoms with van der Waals surface area (Å²) in [4.78, 5) is 2.36. The average molecular weight is 690 g/mol. The summed E-state index contributed by atoms with van der Waals surface area (Å²) < 4.78 is 6.61. The van der Waals surface area contributed by atoms with Crippen LogP contribution in [0.15, 0.2) is 217 Å². The van der Waals surface area contributed by atoms with Crippen molar-refractivity contribution in [1.82, 2.24) is 0 Å². The molecule has 1 aromatic heterocycles. The van der Waals surface area contributed by atoms with Gasteiger partial charge in [-0.25, -0.2) is 0 Å². The Kier molecular flexibility index (Phi) is 7.85. The van der Waals surface area contributed by atoms with Crippen molar-refractivity contribution in [3.63, 3.8) is 0 Å². The molecule has 0 aliphatic heterocycles. The Bertz CT molecular complexity index is 2910. The summed E-state index contributed by atoms with van der Waals surface area (Å²) in [5.74, 6) is 0. The van der Waals surface area contributed by atoms with Crippen molar-refractivity contribution < 1.29 is 4.42 Å². The summed E-state index contributed by atoms with van der Waals surface area (Å²) in [6, 6.07) is 75.8. The van der Waals surface area contributed by atoms with E-state index in [1.165, 1.54) is 38.8 Å². The van der Waals surface area contributed by atoms with Crippen LogP contribution in [0, 0.1) is 0 Å². The SMILES string of the molecule is c1ccc(-c2ccc(-c3ccc(N(c4ccccc4)c4ccccc4-c4cccc5oc6c7ccccc7ccc6c45)cc3)cc2-c2ccccc2)cc1. The monoisotopic (exact) mass is 689 g/mol. The lowest BCUT2D eigenvalue weighted by molar-refractivity contribution is 0.673. The number of hydrogen-bond acceptors (Lipinski definition) is 2. The smallest absolute Gasteiger partial charge is 0.143 e. The highest BCUT2D eigenvalue weighted by atomic mass is 16.3. The zero-order valence-corrected chi connectivity index (χ0v) is 29.6. The van der Waals surface area contributed by atoms with Gasteiger partial charge in [-0.2, -0.15) is 0 Å². The number of nitrogens with zero attached hydrogens (tertiary/aromatic N) is 1. The van der Waals surface area contributed by atoms with Gasteiger partial charge in [-0.3, -0.25) is 0 Å². The zero-order chi connectivity index (χ0) is 35.8. The lowest BCUT2D eigenvalue weighted by Gasteiger charge is -2.28. The largest absolute Gasteiger partial charge is 0.455 e. The maximum atomic E-state index is 6.61. The number of benzene rings is 9. The van der Waals surface area contributed by atoms with Gasteiger partial charge in [0.1, 0.15) is 11.2 Å². The molecule has 0 atom stereocenters. The van der Waals surface area contributed by atoms with Crippen molar-refractivity contribution in [2.45, 2.75) is 0 Å². The van der Waals surface area contributed by atoms with Gasteiger partial charge in [-0.05, 0) is 92.9 Å². The van der Waals surface area contributed by atoms with Crippen molar-refractivity contribution in [2.75, 3.05) is 4.90 Å². The molecule has 0 aliphatic rings. The lowest BCUT2D eigenvalue weighted by Crippen LogP contribution is -2.11. The molecule has 10 aromatic rings. The summed E-state index contributed by atoms with van der Waals surface area (Å²) in [5.41, 5.74) is 14.6. The van der Waals surface area contributed by atoms with Crippen molar-refractivity contribution in [2.24, 2.45) is 0 Å². The molecule has 1 heterocycles. The minimum atomic E-state index is 0.887. The molecule has 0 amide bonds. The molecule has 0 bridgehead atoms. The van der Waals surface area contributed by atoms with Gasteiger partial charge in [0.2, 0.25) is 0 Å². The standard InChI is InChI=1S/C52H35NO/c1-4-15-37(16-5-1)43-33-30-40(35-48(43)38-17-6-2-7-18-38)36-27-31-42(32-28-36)53(41-20-8-3-9-21-41)49-25-13-12-23-45(49)46-24-14-26-50-51(46)47-34-29-39-19-10-11-22-44(39)52(47)54-50/h1-35H. The van der Waals surface area contributed by atoms with Crippen LogP contribution in [0.2, 0.25) is 0 Å². The van der Waals surface area contributed by atoms with E-state index in [-0.39, 0.29) is 0 Å². The Labute approximate surface area is 314 Å². The number of fused-ring (bicyclic) bond motifs is 5. The minimum absolute atomic E-state index is 0.887. The quantitative estimate of drug-likeness (QED) is 0.166. The molecule has 2 heteroatoms. The first-order chi connectivity index (χ1) is 26.8. The molecule has 0 saturated heterocycles. The normalized spacial score (nSPS) is 11.3. The van der Waals surface area contributed by atoms with Gasteiger partial charge in [0.25, 0.3) is 0 Å². The number of rotatable bonds is 7. The fraction of sp³-hybridized carbons (Fsp3) is 0. The van der Waals surface area contributed by atoms with Gasteiger partial charge in [0, 0.05) is 33.1 Å². The number of anilines is 3. The van der Waals surface area contributed by atoms with Crippen LogP contribution in [-0.4, -0.2) is 0 Å². The van der Waals surface area contributed by atoms with Crippen molar-refractivity contribution in [3.05, 3.63) is 212 Å². The second-order valence-corrected chi connectivity index (χ2v) is 13.7. The van der Waals surface area contributed by atoms with E-state index < -0.39 is 0 Å². The molecule has 9 aromatic carbocycles. The zero-order valence-electron chi connectivity index (χ0n) is 29.6. The first-order valence-corrected chi connectivity index (χ1v) is 18.4. The highest BCUT2D eigenvalue weighted by molar-refractivity contribution is 6.19. The maximum Gasteiger partial charge on any atom is 0.143 e. The van der Waals surface area contributed by atoms with Gasteiger partial charge < -0.3 is 9.32 Å². The Morgan fingerprint density at radius 3 is 1.72 bits per heavy atom. The Morgan fingerprint density at radius 2 is 0.944 bits per heavy atom. The number of hydrogen-bond donors (Lipinski definition) is 0. The Hall–Kier alpha value is -7.16. The van der Waals surface area contributed by atoms with Gasteiger partial charge >= 0.3 is 0 Å². The molecular formula is C52H35NO.